The van der Waals surface area contributed by atoms with Crippen LogP contribution in [0, 0.1) is 0 Å². The molecule has 0 saturated heterocycles. The molecule has 17 heavy (non-hydrogen) atoms. The van der Waals surface area contributed by atoms with Gasteiger partial charge in [0.05, 0.1) is 18.7 Å². The number of rotatable bonds is 5. The molecule has 94 valence electrons. The Morgan fingerprint density at radius 3 is 2.65 bits per heavy atom. The normalized spacial score (nSPS) is 11.5. The second kappa shape index (κ2) is 6.77. The molecule has 0 saturated carbocycles. The molecule has 0 aliphatic heterocycles. The quantitative estimate of drug-likeness (QED) is 0.742. The molecular weight excluding hydrogens is 259 g/mol. The fraction of sp³-hybridized carbons (Fsp3) is 0.385. The van der Waals surface area contributed by atoms with Crippen LogP contribution in [0.25, 0.3) is 6.08 Å². The zero-order valence-corrected chi connectivity index (χ0v) is 11.7. The summed E-state index contributed by atoms with van der Waals surface area (Å²) < 4.78 is 10.7. The van der Waals surface area contributed by atoms with Crippen molar-refractivity contribution in [1.82, 2.24) is 0 Å². The Hall–Kier alpha value is -0.860. The summed E-state index contributed by atoms with van der Waals surface area (Å²) in [7, 11) is 1.59. The lowest BCUT2D eigenvalue weighted by Crippen LogP contribution is -1.96. The van der Waals surface area contributed by atoms with E-state index in [-0.39, 0.29) is 0 Å². The summed E-state index contributed by atoms with van der Waals surface area (Å²) in [6.45, 7) is 4.41. The molecule has 0 fully saturated rings. The zero-order valence-electron chi connectivity index (χ0n) is 10.2. The first-order chi connectivity index (χ1) is 8.12. The molecule has 2 nitrogen and oxygen atoms in total. The Morgan fingerprint density at radius 2 is 2.12 bits per heavy atom. The summed E-state index contributed by atoms with van der Waals surface area (Å²) in [6, 6.07) is 3.72. The van der Waals surface area contributed by atoms with Crippen molar-refractivity contribution in [2.45, 2.75) is 13.8 Å². The number of allylic oxidation sites excluding steroid dienone is 1. The van der Waals surface area contributed by atoms with E-state index in [1.54, 1.807) is 7.11 Å². The van der Waals surface area contributed by atoms with Gasteiger partial charge in [0.15, 0.2) is 11.5 Å². The van der Waals surface area contributed by atoms with Crippen LogP contribution in [0.5, 0.6) is 11.5 Å². The number of hydrogen-bond donors (Lipinski definition) is 0. The minimum Gasteiger partial charge on any atom is -0.493 e. The molecule has 0 unspecified atom stereocenters. The first-order valence-corrected chi connectivity index (χ1v) is 6.27. The monoisotopic (exact) mass is 274 g/mol. The zero-order chi connectivity index (χ0) is 12.8. The topological polar surface area (TPSA) is 18.5 Å². The smallest absolute Gasteiger partial charge is 0.179 e. The van der Waals surface area contributed by atoms with Gasteiger partial charge >= 0.3 is 0 Å². The van der Waals surface area contributed by atoms with E-state index in [2.05, 4.69) is 0 Å². The number of ether oxygens (including phenoxy) is 2. The summed E-state index contributed by atoms with van der Waals surface area (Å²) in [5.41, 5.74) is 2.02. The molecule has 0 amide bonds. The van der Waals surface area contributed by atoms with Crippen molar-refractivity contribution in [2.75, 3.05) is 19.6 Å². The van der Waals surface area contributed by atoms with Crippen LogP contribution in [0.2, 0.25) is 5.02 Å². The number of hydrogen-bond acceptors (Lipinski definition) is 2. The van der Waals surface area contributed by atoms with Crippen LogP contribution >= 0.6 is 23.2 Å². The van der Waals surface area contributed by atoms with E-state index in [0.717, 1.165) is 11.1 Å². The van der Waals surface area contributed by atoms with Crippen molar-refractivity contribution in [3.8, 4) is 11.5 Å². The molecule has 1 rings (SSSR count). The van der Waals surface area contributed by atoms with Crippen LogP contribution in [0.4, 0.5) is 0 Å². The van der Waals surface area contributed by atoms with Gasteiger partial charge in [-0.2, -0.15) is 0 Å². The lowest BCUT2D eigenvalue weighted by Gasteiger charge is -2.12. The lowest BCUT2D eigenvalue weighted by atomic mass is 10.1. The average Bonchev–Trinajstić information content (AvgIpc) is 2.32. The third-order valence-electron chi connectivity index (χ3n) is 2.16. The molecule has 0 aromatic heterocycles. The van der Waals surface area contributed by atoms with Crippen molar-refractivity contribution in [1.29, 1.82) is 0 Å². The third kappa shape index (κ3) is 3.83. The fourth-order valence-electron chi connectivity index (χ4n) is 1.43. The minimum atomic E-state index is 0.493. The first kappa shape index (κ1) is 14.2. The van der Waals surface area contributed by atoms with Gasteiger partial charge in [0.1, 0.15) is 0 Å². The Bertz CT molecular complexity index is 414. The van der Waals surface area contributed by atoms with Crippen LogP contribution in [0.1, 0.15) is 19.4 Å². The molecular formula is C13H16Cl2O2. The van der Waals surface area contributed by atoms with Gasteiger partial charge in [-0.1, -0.05) is 23.3 Å². The molecule has 0 radical (unpaired) electrons. The van der Waals surface area contributed by atoms with E-state index in [0.29, 0.717) is 29.0 Å². The van der Waals surface area contributed by atoms with Crippen molar-refractivity contribution < 1.29 is 9.47 Å². The maximum atomic E-state index is 6.15. The van der Waals surface area contributed by atoms with Gasteiger partial charge in [0, 0.05) is 5.88 Å². The average molecular weight is 275 g/mol. The molecule has 0 bridgehead atoms. The van der Waals surface area contributed by atoms with Crippen LogP contribution in [-0.2, 0) is 0 Å². The molecule has 0 aliphatic rings. The fourth-order valence-corrected chi connectivity index (χ4v) is 1.78. The summed E-state index contributed by atoms with van der Waals surface area (Å²) in [5.74, 6) is 1.71. The second-order valence-electron chi connectivity index (χ2n) is 3.59. The molecule has 0 heterocycles. The predicted molar refractivity (Wildman–Crippen MR) is 73.5 cm³/mol. The van der Waals surface area contributed by atoms with E-state index in [4.69, 9.17) is 32.7 Å². The highest BCUT2D eigenvalue weighted by Gasteiger charge is 2.10. The highest BCUT2D eigenvalue weighted by atomic mass is 35.5. The number of benzene rings is 1. The highest BCUT2D eigenvalue weighted by Crippen LogP contribution is 2.36. The van der Waals surface area contributed by atoms with Crippen LogP contribution < -0.4 is 9.47 Å². The van der Waals surface area contributed by atoms with Gasteiger partial charge in [-0.05, 0) is 31.5 Å². The standard InChI is InChI=1S/C13H16Cl2O2/c1-4-17-13-11(15)6-10(5-9(2)8-14)7-12(13)16-3/h5-7H,4,8H2,1-3H3. The third-order valence-corrected chi connectivity index (χ3v) is 2.87. The molecule has 0 aliphatic carbocycles. The van der Waals surface area contributed by atoms with Gasteiger partial charge in [0.25, 0.3) is 0 Å². The molecule has 4 heteroatoms. The van der Waals surface area contributed by atoms with Crippen molar-refractivity contribution in [2.24, 2.45) is 0 Å². The van der Waals surface area contributed by atoms with Crippen molar-refractivity contribution in [3.05, 3.63) is 28.3 Å². The minimum absolute atomic E-state index is 0.493. The number of halogens is 2. The Labute approximate surface area is 112 Å². The maximum absolute atomic E-state index is 6.15. The molecule has 0 N–H and O–H groups in total. The van der Waals surface area contributed by atoms with Gasteiger partial charge in [-0.3, -0.25) is 0 Å². The van der Waals surface area contributed by atoms with Crippen LogP contribution in [0.15, 0.2) is 17.7 Å². The van der Waals surface area contributed by atoms with E-state index in [9.17, 15) is 0 Å². The Balaban J connectivity index is 3.17. The lowest BCUT2D eigenvalue weighted by molar-refractivity contribution is 0.311. The molecule has 1 aromatic rings. The van der Waals surface area contributed by atoms with E-state index in [1.165, 1.54) is 0 Å². The second-order valence-corrected chi connectivity index (χ2v) is 4.27. The van der Waals surface area contributed by atoms with Gasteiger partial charge in [0.2, 0.25) is 0 Å². The van der Waals surface area contributed by atoms with E-state index < -0.39 is 0 Å². The number of methoxy groups -OCH3 is 1. The van der Waals surface area contributed by atoms with E-state index >= 15 is 0 Å². The van der Waals surface area contributed by atoms with E-state index in [1.807, 2.05) is 32.1 Å². The Morgan fingerprint density at radius 1 is 1.41 bits per heavy atom. The molecule has 0 spiro atoms. The largest absolute Gasteiger partial charge is 0.493 e. The SMILES string of the molecule is CCOc1c(Cl)cc(C=C(C)CCl)cc1OC. The number of alkyl halides is 1. The molecule has 1 aromatic carbocycles. The van der Waals surface area contributed by atoms with Crippen molar-refractivity contribution >= 4 is 29.3 Å². The van der Waals surface area contributed by atoms with Gasteiger partial charge in [-0.25, -0.2) is 0 Å². The first-order valence-electron chi connectivity index (χ1n) is 5.35. The summed E-state index contributed by atoms with van der Waals surface area (Å²) in [5, 5.41) is 0.542. The van der Waals surface area contributed by atoms with Crippen LogP contribution in [0.3, 0.4) is 0 Å². The maximum Gasteiger partial charge on any atom is 0.179 e. The van der Waals surface area contributed by atoms with Gasteiger partial charge < -0.3 is 9.47 Å². The predicted octanol–water partition coefficient (Wildman–Crippen LogP) is 4.39. The Kier molecular flexibility index (Phi) is 5.66. The highest BCUT2D eigenvalue weighted by molar-refractivity contribution is 6.32. The summed E-state index contributed by atoms with van der Waals surface area (Å²) in [6.07, 6.45) is 1.97. The van der Waals surface area contributed by atoms with Gasteiger partial charge in [-0.15, -0.1) is 11.6 Å². The molecule has 0 atom stereocenters. The van der Waals surface area contributed by atoms with Crippen LogP contribution in [-0.4, -0.2) is 19.6 Å². The summed E-state index contributed by atoms with van der Waals surface area (Å²) in [4.78, 5) is 0. The summed E-state index contributed by atoms with van der Waals surface area (Å²) >= 11 is 11.9. The van der Waals surface area contributed by atoms with Crippen molar-refractivity contribution in [3.63, 3.8) is 0 Å².